The molecule has 4 nitrogen and oxygen atoms in total. The molecule has 22 heavy (non-hydrogen) atoms. The molecule has 1 N–H and O–H groups in total. The van der Waals surface area contributed by atoms with Gasteiger partial charge in [-0.1, -0.05) is 19.1 Å². The van der Waals surface area contributed by atoms with Gasteiger partial charge in [0.05, 0.1) is 17.9 Å². The molecular formula is C17H26ClN3O. The summed E-state index contributed by atoms with van der Waals surface area (Å²) in [4.78, 5) is 16.8. The Morgan fingerprint density at radius 1 is 1.23 bits per heavy atom. The van der Waals surface area contributed by atoms with Crippen LogP contribution in [0.4, 0.5) is 11.4 Å². The SMILES string of the molecule is CC1CN(C)c2ccccc2N(C(=O)CNCC2CC2)C1.Cl. The summed E-state index contributed by atoms with van der Waals surface area (Å²) in [5, 5.41) is 3.32. The third kappa shape index (κ3) is 3.93. The van der Waals surface area contributed by atoms with Crippen molar-refractivity contribution in [3.63, 3.8) is 0 Å². The first-order chi connectivity index (χ1) is 10.1. The minimum Gasteiger partial charge on any atom is -0.373 e. The Balaban J connectivity index is 0.00000176. The smallest absolute Gasteiger partial charge is 0.241 e. The number of rotatable bonds is 4. The third-order valence-corrected chi connectivity index (χ3v) is 4.37. The second kappa shape index (κ2) is 7.34. The van der Waals surface area contributed by atoms with E-state index in [0.717, 1.165) is 36.9 Å². The Morgan fingerprint density at radius 2 is 1.91 bits per heavy atom. The highest BCUT2D eigenvalue weighted by atomic mass is 35.5. The van der Waals surface area contributed by atoms with Crippen LogP contribution >= 0.6 is 12.4 Å². The van der Waals surface area contributed by atoms with Crippen LogP contribution in [-0.2, 0) is 4.79 Å². The van der Waals surface area contributed by atoms with Crippen molar-refractivity contribution in [1.29, 1.82) is 0 Å². The number of nitrogens with zero attached hydrogens (tertiary/aromatic N) is 2. The normalized spacial score (nSPS) is 20.9. The number of hydrogen-bond acceptors (Lipinski definition) is 3. The van der Waals surface area contributed by atoms with Crippen LogP contribution in [0.25, 0.3) is 0 Å². The van der Waals surface area contributed by atoms with Gasteiger partial charge in [-0.2, -0.15) is 0 Å². The Labute approximate surface area is 139 Å². The number of para-hydroxylation sites is 2. The minimum absolute atomic E-state index is 0. The summed E-state index contributed by atoms with van der Waals surface area (Å²) in [5.41, 5.74) is 2.19. The zero-order valence-corrected chi connectivity index (χ0v) is 14.2. The van der Waals surface area contributed by atoms with Gasteiger partial charge in [0.15, 0.2) is 0 Å². The van der Waals surface area contributed by atoms with Crippen LogP contribution in [0.2, 0.25) is 0 Å². The minimum atomic E-state index is 0. The van der Waals surface area contributed by atoms with Crippen LogP contribution in [0.15, 0.2) is 24.3 Å². The summed E-state index contributed by atoms with van der Waals surface area (Å²) in [5.74, 6) is 1.46. The van der Waals surface area contributed by atoms with E-state index in [2.05, 4.69) is 36.3 Å². The monoisotopic (exact) mass is 323 g/mol. The molecule has 2 aliphatic rings. The van der Waals surface area contributed by atoms with Gasteiger partial charge < -0.3 is 15.1 Å². The molecule has 0 saturated heterocycles. The highest BCUT2D eigenvalue weighted by Crippen LogP contribution is 2.32. The number of anilines is 2. The lowest BCUT2D eigenvalue weighted by Crippen LogP contribution is -2.41. The zero-order chi connectivity index (χ0) is 14.8. The molecule has 0 radical (unpaired) electrons. The van der Waals surface area contributed by atoms with Crippen molar-refractivity contribution >= 4 is 29.7 Å². The van der Waals surface area contributed by atoms with E-state index < -0.39 is 0 Å². The van der Waals surface area contributed by atoms with E-state index in [-0.39, 0.29) is 18.3 Å². The lowest BCUT2D eigenvalue weighted by Gasteiger charge is -2.24. The maximum Gasteiger partial charge on any atom is 0.241 e. The second-order valence-electron chi connectivity index (χ2n) is 6.55. The number of carbonyl (C=O) groups excluding carboxylic acids is 1. The zero-order valence-electron chi connectivity index (χ0n) is 13.4. The predicted octanol–water partition coefficient (Wildman–Crippen LogP) is 2.53. The van der Waals surface area contributed by atoms with E-state index in [0.29, 0.717) is 12.5 Å². The molecule has 1 fully saturated rings. The lowest BCUT2D eigenvalue weighted by atomic mass is 10.1. The molecule has 1 aromatic rings. The third-order valence-electron chi connectivity index (χ3n) is 4.37. The summed E-state index contributed by atoms with van der Waals surface area (Å²) in [6.45, 7) is 5.42. The summed E-state index contributed by atoms with van der Waals surface area (Å²) in [7, 11) is 2.11. The second-order valence-corrected chi connectivity index (χ2v) is 6.55. The van der Waals surface area contributed by atoms with E-state index in [9.17, 15) is 4.79 Å². The maximum atomic E-state index is 12.6. The summed E-state index contributed by atoms with van der Waals surface area (Å²) in [6, 6.07) is 8.22. The molecule has 3 rings (SSSR count). The van der Waals surface area contributed by atoms with E-state index in [1.54, 1.807) is 0 Å². The van der Waals surface area contributed by atoms with E-state index in [1.165, 1.54) is 12.8 Å². The first kappa shape index (κ1) is 17.1. The van der Waals surface area contributed by atoms with Crippen molar-refractivity contribution in [2.24, 2.45) is 11.8 Å². The maximum absolute atomic E-state index is 12.6. The predicted molar refractivity (Wildman–Crippen MR) is 94.1 cm³/mol. The largest absolute Gasteiger partial charge is 0.373 e. The number of fused-ring (bicyclic) bond motifs is 1. The Morgan fingerprint density at radius 3 is 2.59 bits per heavy atom. The number of hydrogen-bond donors (Lipinski definition) is 1. The molecule has 0 bridgehead atoms. The van der Waals surface area contributed by atoms with Crippen LogP contribution in [0, 0.1) is 11.8 Å². The first-order valence-corrected chi connectivity index (χ1v) is 7.96. The number of halogens is 1. The van der Waals surface area contributed by atoms with Crippen molar-refractivity contribution in [3.8, 4) is 0 Å². The molecule has 0 spiro atoms. The molecule has 1 amide bonds. The van der Waals surface area contributed by atoms with Gasteiger partial charge in [-0.05, 0) is 43.4 Å². The highest BCUT2D eigenvalue weighted by molar-refractivity contribution is 5.98. The molecule has 1 atom stereocenters. The van der Waals surface area contributed by atoms with Crippen molar-refractivity contribution in [2.75, 3.05) is 43.0 Å². The molecule has 1 aliphatic heterocycles. The van der Waals surface area contributed by atoms with Crippen LogP contribution in [0.5, 0.6) is 0 Å². The first-order valence-electron chi connectivity index (χ1n) is 7.96. The average Bonchev–Trinajstić information content (AvgIpc) is 3.28. The summed E-state index contributed by atoms with van der Waals surface area (Å²) in [6.07, 6.45) is 2.63. The van der Waals surface area contributed by atoms with Crippen LogP contribution < -0.4 is 15.1 Å². The molecule has 1 unspecified atom stereocenters. The quantitative estimate of drug-likeness (QED) is 0.925. The van der Waals surface area contributed by atoms with Crippen molar-refractivity contribution in [1.82, 2.24) is 5.32 Å². The molecular weight excluding hydrogens is 298 g/mol. The topological polar surface area (TPSA) is 35.6 Å². The van der Waals surface area contributed by atoms with E-state index in [1.807, 2.05) is 17.0 Å². The fraction of sp³-hybridized carbons (Fsp3) is 0.588. The van der Waals surface area contributed by atoms with Crippen molar-refractivity contribution in [3.05, 3.63) is 24.3 Å². The van der Waals surface area contributed by atoms with Gasteiger partial charge in [0.25, 0.3) is 0 Å². The Kier molecular flexibility index (Phi) is 5.70. The van der Waals surface area contributed by atoms with Crippen LogP contribution in [0.3, 0.4) is 0 Å². The fourth-order valence-corrected chi connectivity index (χ4v) is 3.09. The lowest BCUT2D eigenvalue weighted by molar-refractivity contribution is -0.117. The molecule has 122 valence electrons. The molecule has 1 heterocycles. The number of amides is 1. The summed E-state index contributed by atoms with van der Waals surface area (Å²) < 4.78 is 0. The highest BCUT2D eigenvalue weighted by Gasteiger charge is 2.27. The van der Waals surface area contributed by atoms with Gasteiger partial charge in [-0.25, -0.2) is 0 Å². The molecule has 0 aromatic heterocycles. The van der Waals surface area contributed by atoms with E-state index >= 15 is 0 Å². The van der Waals surface area contributed by atoms with Gasteiger partial charge in [-0.3, -0.25) is 4.79 Å². The number of benzene rings is 1. The molecule has 5 heteroatoms. The van der Waals surface area contributed by atoms with Crippen LogP contribution in [-0.4, -0.2) is 39.1 Å². The van der Waals surface area contributed by atoms with Gasteiger partial charge in [-0.15, -0.1) is 12.4 Å². The Bertz CT molecular complexity index is 518. The van der Waals surface area contributed by atoms with Gasteiger partial charge >= 0.3 is 0 Å². The molecule has 1 saturated carbocycles. The fourth-order valence-electron chi connectivity index (χ4n) is 3.09. The summed E-state index contributed by atoms with van der Waals surface area (Å²) >= 11 is 0. The van der Waals surface area contributed by atoms with Crippen LogP contribution in [0.1, 0.15) is 19.8 Å². The molecule has 1 aliphatic carbocycles. The van der Waals surface area contributed by atoms with Crippen molar-refractivity contribution in [2.45, 2.75) is 19.8 Å². The van der Waals surface area contributed by atoms with Gasteiger partial charge in [0.1, 0.15) is 0 Å². The van der Waals surface area contributed by atoms with Gasteiger partial charge in [0.2, 0.25) is 5.91 Å². The van der Waals surface area contributed by atoms with Gasteiger partial charge in [0, 0.05) is 20.1 Å². The molecule has 1 aromatic carbocycles. The van der Waals surface area contributed by atoms with E-state index in [4.69, 9.17) is 0 Å². The average molecular weight is 324 g/mol. The standard InChI is InChI=1S/C17H25N3O.ClH/c1-13-11-19(2)15-5-3-4-6-16(15)20(12-13)17(21)10-18-9-14-7-8-14;/h3-6,13-14,18H,7-12H2,1-2H3;1H. The van der Waals surface area contributed by atoms with Crippen molar-refractivity contribution < 1.29 is 4.79 Å². The number of nitrogens with one attached hydrogen (secondary N) is 1. The number of carbonyl (C=O) groups is 1. The Hall–Kier alpha value is -1.26.